The number of aryl methyl sites for hydroxylation is 1. The average molecular weight is 346 g/mol. The molecule has 0 atom stereocenters. The number of nitrogens with zero attached hydrogens (tertiary/aromatic N) is 4. The van der Waals surface area contributed by atoms with Gasteiger partial charge in [0.25, 0.3) is 0 Å². The van der Waals surface area contributed by atoms with Crippen molar-refractivity contribution >= 4 is 22.6 Å². The number of fused-ring (bicyclic) bond motifs is 1. The smallest absolute Gasteiger partial charge is 0.225 e. The number of imidazole rings is 1. The molecule has 3 rings (SSSR count). The second kappa shape index (κ2) is 6.65. The third-order valence-corrected chi connectivity index (χ3v) is 4.88. The molecule has 6 heteroatoms. The van der Waals surface area contributed by atoms with Gasteiger partial charge in [-0.2, -0.15) is 0 Å². The Kier molecular flexibility index (Phi) is 4.71. The summed E-state index contributed by atoms with van der Waals surface area (Å²) in [7, 11) is 0. The third kappa shape index (κ3) is 3.22. The molecule has 0 N–H and O–H groups in total. The summed E-state index contributed by atoms with van der Waals surface area (Å²) in [4.78, 5) is 20.6. The number of halogens is 1. The highest BCUT2D eigenvalue weighted by atomic mass is 19.1. The number of hydrogen-bond acceptors (Lipinski definition) is 3. The summed E-state index contributed by atoms with van der Waals surface area (Å²) in [5.74, 6) is 0.752. The highest BCUT2D eigenvalue weighted by molar-refractivity contribution is 5.82. The molecule has 1 aromatic heterocycles. The second-order valence-electron chi connectivity index (χ2n) is 7.39. The minimum absolute atomic E-state index is 0.0173. The number of piperazine rings is 1. The van der Waals surface area contributed by atoms with Crippen molar-refractivity contribution in [3.8, 4) is 0 Å². The molecule has 0 aliphatic carbocycles. The average Bonchev–Trinajstić information content (AvgIpc) is 2.91. The normalized spacial score (nSPS) is 15.7. The lowest BCUT2D eigenvalue weighted by atomic mass is 10.1. The van der Waals surface area contributed by atoms with Gasteiger partial charge in [0, 0.05) is 43.8 Å². The van der Waals surface area contributed by atoms with Crippen molar-refractivity contribution < 1.29 is 9.18 Å². The fourth-order valence-corrected chi connectivity index (χ4v) is 3.64. The topological polar surface area (TPSA) is 41.4 Å². The van der Waals surface area contributed by atoms with E-state index in [1.807, 2.05) is 31.7 Å². The monoisotopic (exact) mass is 346 g/mol. The van der Waals surface area contributed by atoms with E-state index in [0.29, 0.717) is 18.6 Å². The van der Waals surface area contributed by atoms with E-state index in [-0.39, 0.29) is 23.7 Å². The Balaban J connectivity index is 1.88. The number of benzene rings is 1. The molecule has 2 aromatic rings. The molecule has 1 aliphatic rings. The molecule has 0 spiro atoms. The van der Waals surface area contributed by atoms with Crippen molar-refractivity contribution in [3.05, 3.63) is 23.8 Å². The third-order valence-electron chi connectivity index (χ3n) is 4.88. The van der Waals surface area contributed by atoms with E-state index in [1.165, 1.54) is 0 Å². The van der Waals surface area contributed by atoms with Gasteiger partial charge < -0.3 is 14.4 Å². The number of anilines is 1. The summed E-state index contributed by atoms with van der Waals surface area (Å²) in [5, 5.41) is 0. The zero-order valence-electron chi connectivity index (χ0n) is 15.7. The van der Waals surface area contributed by atoms with Crippen LogP contribution in [0.4, 0.5) is 10.1 Å². The minimum atomic E-state index is -0.282. The summed E-state index contributed by atoms with van der Waals surface area (Å²) in [5.41, 5.74) is 2.13. The van der Waals surface area contributed by atoms with E-state index in [1.54, 1.807) is 6.07 Å². The zero-order valence-corrected chi connectivity index (χ0v) is 15.7. The Hall–Kier alpha value is -2.11. The lowest BCUT2D eigenvalue weighted by Gasteiger charge is -2.37. The molecule has 2 heterocycles. The first-order chi connectivity index (χ1) is 11.8. The maximum Gasteiger partial charge on any atom is 0.225 e. The number of rotatable bonds is 3. The van der Waals surface area contributed by atoms with E-state index in [0.717, 1.165) is 30.1 Å². The quantitative estimate of drug-likeness (QED) is 0.856. The molecule has 0 unspecified atom stereocenters. The van der Waals surface area contributed by atoms with Crippen LogP contribution in [-0.4, -0.2) is 46.5 Å². The van der Waals surface area contributed by atoms with Crippen LogP contribution in [0.1, 0.15) is 39.6 Å². The number of carbonyl (C=O) groups is 1. The Bertz CT molecular complexity index is 788. The van der Waals surface area contributed by atoms with Crippen molar-refractivity contribution in [2.75, 3.05) is 31.1 Å². The van der Waals surface area contributed by atoms with Gasteiger partial charge in [0.2, 0.25) is 5.91 Å². The molecule has 1 saturated heterocycles. The first kappa shape index (κ1) is 17.7. The number of hydrogen-bond donors (Lipinski definition) is 0. The number of amides is 1. The van der Waals surface area contributed by atoms with Gasteiger partial charge in [-0.3, -0.25) is 4.79 Å². The van der Waals surface area contributed by atoms with Crippen LogP contribution in [-0.2, 0) is 4.79 Å². The van der Waals surface area contributed by atoms with Crippen LogP contribution >= 0.6 is 0 Å². The van der Waals surface area contributed by atoms with Crippen LogP contribution in [0.3, 0.4) is 0 Å². The van der Waals surface area contributed by atoms with Crippen LogP contribution in [0.2, 0.25) is 0 Å². The summed E-state index contributed by atoms with van der Waals surface area (Å²) in [6.07, 6.45) is 0. The molecule has 0 radical (unpaired) electrons. The van der Waals surface area contributed by atoms with Crippen molar-refractivity contribution in [1.29, 1.82) is 0 Å². The lowest BCUT2D eigenvalue weighted by molar-refractivity contribution is -0.134. The largest absolute Gasteiger partial charge is 0.368 e. The van der Waals surface area contributed by atoms with Gasteiger partial charge in [0.1, 0.15) is 11.3 Å². The van der Waals surface area contributed by atoms with Gasteiger partial charge in [0.05, 0.1) is 5.52 Å². The SMILES string of the molecule is Cc1nc2c(F)cc(N3CCN(C(=O)C(C)C)CC3)cc2n1C(C)C. The second-order valence-corrected chi connectivity index (χ2v) is 7.39. The molecule has 1 aliphatic heterocycles. The first-order valence-electron chi connectivity index (χ1n) is 9.01. The lowest BCUT2D eigenvalue weighted by Crippen LogP contribution is -2.49. The van der Waals surface area contributed by atoms with E-state index in [2.05, 4.69) is 28.3 Å². The maximum atomic E-state index is 14.6. The fraction of sp³-hybridized carbons (Fsp3) is 0.579. The molecule has 1 amide bonds. The van der Waals surface area contributed by atoms with Crippen molar-refractivity contribution in [2.45, 2.75) is 40.7 Å². The van der Waals surface area contributed by atoms with E-state index < -0.39 is 0 Å². The summed E-state index contributed by atoms with van der Waals surface area (Å²) >= 11 is 0. The van der Waals surface area contributed by atoms with Crippen molar-refractivity contribution in [3.63, 3.8) is 0 Å². The molecule has 0 bridgehead atoms. The maximum absolute atomic E-state index is 14.6. The van der Waals surface area contributed by atoms with Crippen molar-refractivity contribution in [2.24, 2.45) is 5.92 Å². The molecule has 136 valence electrons. The van der Waals surface area contributed by atoms with Crippen molar-refractivity contribution in [1.82, 2.24) is 14.5 Å². The van der Waals surface area contributed by atoms with Crippen LogP contribution in [0.5, 0.6) is 0 Å². The van der Waals surface area contributed by atoms with Gasteiger partial charge in [0.15, 0.2) is 5.82 Å². The predicted molar refractivity (Wildman–Crippen MR) is 98.4 cm³/mol. The summed E-state index contributed by atoms with van der Waals surface area (Å²) in [6, 6.07) is 3.82. The zero-order chi connectivity index (χ0) is 18.3. The van der Waals surface area contributed by atoms with E-state index >= 15 is 0 Å². The molecule has 0 saturated carbocycles. The molecular weight excluding hydrogens is 319 g/mol. The number of carbonyl (C=O) groups excluding carboxylic acids is 1. The highest BCUT2D eigenvalue weighted by Gasteiger charge is 2.24. The molecular formula is C19H27FN4O. The molecule has 25 heavy (non-hydrogen) atoms. The highest BCUT2D eigenvalue weighted by Crippen LogP contribution is 2.29. The summed E-state index contributed by atoms with van der Waals surface area (Å²) < 4.78 is 16.7. The van der Waals surface area contributed by atoms with Gasteiger partial charge in [-0.05, 0) is 32.9 Å². The van der Waals surface area contributed by atoms with Gasteiger partial charge in [-0.1, -0.05) is 13.8 Å². The van der Waals surface area contributed by atoms with Gasteiger partial charge in [-0.25, -0.2) is 9.37 Å². The van der Waals surface area contributed by atoms with Crippen LogP contribution in [0, 0.1) is 18.7 Å². The van der Waals surface area contributed by atoms with E-state index in [4.69, 9.17) is 0 Å². The Morgan fingerprint density at radius 3 is 2.32 bits per heavy atom. The molecule has 5 nitrogen and oxygen atoms in total. The number of aromatic nitrogens is 2. The Morgan fingerprint density at radius 2 is 1.76 bits per heavy atom. The molecule has 1 aromatic carbocycles. The predicted octanol–water partition coefficient (Wildman–Crippen LogP) is 3.37. The van der Waals surface area contributed by atoms with Crippen LogP contribution in [0.15, 0.2) is 12.1 Å². The summed E-state index contributed by atoms with van der Waals surface area (Å²) in [6.45, 7) is 12.7. The van der Waals surface area contributed by atoms with E-state index in [9.17, 15) is 9.18 Å². The minimum Gasteiger partial charge on any atom is -0.368 e. The van der Waals surface area contributed by atoms with Crippen LogP contribution in [0.25, 0.3) is 11.0 Å². The fourth-order valence-electron chi connectivity index (χ4n) is 3.64. The molecule has 1 fully saturated rings. The standard InChI is InChI=1S/C19H27FN4O/c1-12(2)19(25)23-8-6-22(7-9-23)15-10-16(20)18-17(11-15)24(13(3)4)14(5)21-18/h10-13H,6-9H2,1-5H3. The Labute approximate surface area is 148 Å². The van der Waals surface area contributed by atoms with Gasteiger partial charge in [-0.15, -0.1) is 0 Å². The first-order valence-corrected chi connectivity index (χ1v) is 9.01. The van der Waals surface area contributed by atoms with Gasteiger partial charge >= 0.3 is 0 Å². The van der Waals surface area contributed by atoms with Crippen LogP contribution < -0.4 is 4.90 Å². The Morgan fingerprint density at radius 1 is 1.12 bits per heavy atom.